The van der Waals surface area contributed by atoms with E-state index in [1.807, 2.05) is 13.8 Å². The number of carbonyl (C=O) groups excluding carboxylic acids is 2. The van der Waals surface area contributed by atoms with Crippen LogP contribution in [0, 0.1) is 19.8 Å². The van der Waals surface area contributed by atoms with Crippen molar-refractivity contribution in [3.63, 3.8) is 0 Å². The number of amides is 2. The molecule has 2 heterocycles. The molecule has 0 aliphatic carbocycles. The molecule has 1 atom stereocenters. The van der Waals surface area contributed by atoms with Gasteiger partial charge in [-0.3, -0.25) is 9.59 Å². The molecular formula is C18H30N4O5S. The van der Waals surface area contributed by atoms with Crippen molar-refractivity contribution in [2.75, 3.05) is 39.8 Å². The van der Waals surface area contributed by atoms with Gasteiger partial charge in [-0.1, -0.05) is 5.16 Å². The van der Waals surface area contributed by atoms with Crippen molar-refractivity contribution in [2.24, 2.45) is 5.92 Å². The van der Waals surface area contributed by atoms with Crippen LogP contribution in [0.5, 0.6) is 0 Å². The van der Waals surface area contributed by atoms with E-state index in [9.17, 15) is 18.0 Å². The molecule has 0 bridgehead atoms. The molecule has 0 N–H and O–H groups in total. The molecule has 158 valence electrons. The molecule has 1 saturated heterocycles. The summed E-state index contributed by atoms with van der Waals surface area (Å²) in [6.07, 6.45) is 1.17. The van der Waals surface area contributed by atoms with Crippen LogP contribution in [0.3, 0.4) is 0 Å². The van der Waals surface area contributed by atoms with Gasteiger partial charge in [0.05, 0.1) is 12.5 Å². The maximum Gasteiger partial charge on any atom is 0.248 e. The van der Waals surface area contributed by atoms with Crippen LogP contribution in [-0.4, -0.2) is 79.3 Å². The van der Waals surface area contributed by atoms with Crippen LogP contribution in [0.4, 0.5) is 0 Å². The lowest BCUT2D eigenvalue weighted by Gasteiger charge is -2.33. The molecule has 2 rings (SSSR count). The lowest BCUT2D eigenvalue weighted by atomic mass is 9.98. The molecule has 1 aliphatic heterocycles. The summed E-state index contributed by atoms with van der Waals surface area (Å²) in [5, 5.41) is 3.73. The average molecular weight is 415 g/mol. The van der Waals surface area contributed by atoms with Crippen LogP contribution in [-0.2, 0) is 19.6 Å². The Morgan fingerprint density at radius 3 is 2.43 bits per heavy atom. The monoisotopic (exact) mass is 414 g/mol. The molecule has 0 aromatic carbocycles. The fourth-order valence-electron chi connectivity index (χ4n) is 3.60. The van der Waals surface area contributed by atoms with Crippen LogP contribution in [0.1, 0.15) is 38.1 Å². The molecule has 2 amide bonds. The zero-order chi connectivity index (χ0) is 21.1. The maximum absolute atomic E-state index is 13.0. The van der Waals surface area contributed by atoms with E-state index in [-0.39, 0.29) is 35.6 Å². The van der Waals surface area contributed by atoms with Gasteiger partial charge in [0, 0.05) is 33.2 Å². The average Bonchev–Trinajstić information content (AvgIpc) is 3.01. The van der Waals surface area contributed by atoms with Gasteiger partial charge in [-0.15, -0.1) is 0 Å². The number of aryl methyl sites for hydroxylation is 2. The number of nitrogens with zero attached hydrogens (tertiary/aromatic N) is 4. The Hall–Kier alpha value is -1.94. The quantitative estimate of drug-likeness (QED) is 0.660. The zero-order valence-corrected chi connectivity index (χ0v) is 18.1. The highest BCUT2D eigenvalue weighted by Gasteiger charge is 2.37. The molecule has 9 nitrogen and oxygen atoms in total. The van der Waals surface area contributed by atoms with Crippen LogP contribution >= 0.6 is 0 Å². The third kappa shape index (κ3) is 4.54. The Balaban J connectivity index is 2.10. The fourth-order valence-corrected chi connectivity index (χ4v) is 5.42. The summed E-state index contributed by atoms with van der Waals surface area (Å²) < 4.78 is 32.4. The van der Waals surface area contributed by atoms with Gasteiger partial charge in [-0.25, -0.2) is 8.42 Å². The molecule has 0 spiro atoms. The van der Waals surface area contributed by atoms with Gasteiger partial charge in [-0.05, 0) is 40.5 Å². The van der Waals surface area contributed by atoms with Crippen molar-refractivity contribution < 1.29 is 22.5 Å². The van der Waals surface area contributed by atoms with Gasteiger partial charge >= 0.3 is 0 Å². The largest absolute Gasteiger partial charge is 0.360 e. The molecule has 1 aliphatic rings. The summed E-state index contributed by atoms with van der Waals surface area (Å²) in [5.74, 6) is -0.553. The van der Waals surface area contributed by atoms with Crippen molar-refractivity contribution >= 4 is 21.8 Å². The summed E-state index contributed by atoms with van der Waals surface area (Å²) in [6.45, 7) is 8.54. The zero-order valence-electron chi connectivity index (χ0n) is 17.3. The Morgan fingerprint density at radius 2 is 1.89 bits per heavy atom. The molecule has 1 aromatic heterocycles. The number of piperidine rings is 1. The first-order valence-electron chi connectivity index (χ1n) is 9.59. The van der Waals surface area contributed by atoms with E-state index < -0.39 is 15.9 Å². The van der Waals surface area contributed by atoms with Crippen molar-refractivity contribution in [1.29, 1.82) is 0 Å². The number of sulfonamides is 1. The van der Waals surface area contributed by atoms with E-state index >= 15 is 0 Å². The lowest BCUT2D eigenvalue weighted by Crippen LogP contribution is -2.48. The fraction of sp³-hybridized carbons (Fsp3) is 0.722. The normalized spacial score (nSPS) is 18.1. The molecule has 10 heteroatoms. The van der Waals surface area contributed by atoms with Crippen LogP contribution in [0.25, 0.3) is 0 Å². The minimum atomic E-state index is -3.79. The smallest absolute Gasteiger partial charge is 0.248 e. The maximum atomic E-state index is 13.0. The number of hydrogen-bond donors (Lipinski definition) is 0. The molecular weight excluding hydrogens is 384 g/mol. The van der Waals surface area contributed by atoms with E-state index in [2.05, 4.69) is 5.16 Å². The number of rotatable bonds is 7. The van der Waals surface area contributed by atoms with Gasteiger partial charge in [0.15, 0.2) is 5.76 Å². The van der Waals surface area contributed by atoms with Crippen LogP contribution in [0.15, 0.2) is 9.42 Å². The van der Waals surface area contributed by atoms with E-state index in [0.717, 1.165) is 0 Å². The topological polar surface area (TPSA) is 104 Å². The highest BCUT2D eigenvalue weighted by Crippen LogP contribution is 2.28. The minimum Gasteiger partial charge on any atom is -0.360 e. The van der Waals surface area contributed by atoms with Gasteiger partial charge < -0.3 is 14.3 Å². The highest BCUT2D eigenvalue weighted by atomic mass is 32.2. The van der Waals surface area contributed by atoms with Gasteiger partial charge in [-0.2, -0.15) is 4.31 Å². The molecule has 1 aromatic rings. The van der Waals surface area contributed by atoms with E-state index in [1.54, 1.807) is 25.8 Å². The molecule has 28 heavy (non-hydrogen) atoms. The number of carbonyl (C=O) groups is 2. The second-order valence-corrected chi connectivity index (χ2v) is 8.99. The number of aromatic nitrogens is 1. The third-order valence-corrected chi connectivity index (χ3v) is 7.27. The molecule has 0 radical (unpaired) electrons. The van der Waals surface area contributed by atoms with Crippen molar-refractivity contribution in [3.8, 4) is 0 Å². The second-order valence-electron chi connectivity index (χ2n) is 7.12. The second kappa shape index (κ2) is 9.04. The predicted molar refractivity (Wildman–Crippen MR) is 103 cm³/mol. The van der Waals surface area contributed by atoms with Crippen LogP contribution < -0.4 is 0 Å². The lowest BCUT2D eigenvalue weighted by molar-refractivity contribution is -0.142. The van der Waals surface area contributed by atoms with Crippen molar-refractivity contribution in [1.82, 2.24) is 19.3 Å². The first-order valence-corrected chi connectivity index (χ1v) is 11.0. The van der Waals surface area contributed by atoms with Gasteiger partial charge in [0.25, 0.3) is 0 Å². The van der Waals surface area contributed by atoms with Crippen molar-refractivity contribution in [3.05, 3.63) is 11.5 Å². The van der Waals surface area contributed by atoms with Gasteiger partial charge in [0.1, 0.15) is 10.6 Å². The summed E-state index contributed by atoms with van der Waals surface area (Å²) in [7, 11) is -2.20. The van der Waals surface area contributed by atoms with Gasteiger partial charge in [0.2, 0.25) is 21.8 Å². The predicted octanol–water partition coefficient (Wildman–Crippen LogP) is 1.02. The SMILES string of the molecule is CCN(CC)C(=O)CN(C)C(=O)C1CCCN(S(=O)(=O)c2c(C)noc2C)C1. The molecule has 1 unspecified atom stereocenters. The highest BCUT2D eigenvalue weighted by molar-refractivity contribution is 7.89. The summed E-state index contributed by atoms with van der Waals surface area (Å²) in [4.78, 5) is 28.2. The Labute approximate surface area is 166 Å². The standard InChI is InChI=1S/C18H30N4O5S/c1-6-21(7-2)16(23)12-20(5)18(24)15-9-8-10-22(11-15)28(25,26)17-13(3)19-27-14(17)4/h15H,6-12H2,1-5H3. The molecule has 1 fully saturated rings. The van der Waals surface area contributed by atoms with Crippen molar-refractivity contribution in [2.45, 2.75) is 45.4 Å². The summed E-state index contributed by atoms with van der Waals surface area (Å²) in [5.41, 5.74) is 0.313. The van der Waals surface area contributed by atoms with E-state index in [1.165, 1.54) is 9.21 Å². The van der Waals surface area contributed by atoms with Crippen LogP contribution in [0.2, 0.25) is 0 Å². The number of likely N-dealkylation sites (N-methyl/N-ethyl adjacent to an activating group) is 2. The number of hydrogen-bond acceptors (Lipinski definition) is 6. The summed E-state index contributed by atoms with van der Waals surface area (Å²) >= 11 is 0. The Morgan fingerprint density at radius 1 is 1.25 bits per heavy atom. The Bertz CT molecular complexity index is 796. The van der Waals surface area contributed by atoms with E-state index in [0.29, 0.717) is 38.2 Å². The summed E-state index contributed by atoms with van der Waals surface area (Å²) in [6, 6.07) is 0. The Kier molecular flexibility index (Phi) is 7.22. The molecule has 0 saturated carbocycles. The third-order valence-electron chi connectivity index (χ3n) is 5.16. The first-order chi connectivity index (χ1) is 13.1. The first kappa shape index (κ1) is 22.4. The minimum absolute atomic E-state index is 0.00632. The van der Waals surface area contributed by atoms with E-state index in [4.69, 9.17) is 4.52 Å².